The zero-order chi connectivity index (χ0) is 21.3. The number of benzene rings is 1. The van der Waals surface area contributed by atoms with E-state index in [1.807, 2.05) is 37.3 Å². The van der Waals surface area contributed by atoms with E-state index in [1.165, 1.54) is 0 Å². The van der Waals surface area contributed by atoms with Gasteiger partial charge in [0.1, 0.15) is 17.7 Å². The normalized spacial score (nSPS) is 14.9. The van der Waals surface area contributed by atoms with Crippen molar-refractivity contribution in [2.24, 2.45) is 5.92 Å². The first-order chi connectivity index (χ1) is 13.0. The lowest BCUT2D eigenvalue weighted by molar-refractivity contribution is -0.158. The molecule has 0 fully saturated rings. The standard InChI is InChI=1S/C22H35NO5/c1-15(2)14-26-19(13-18-11-9-8-10-12-18)17(4)27-20(24)16(3)23-21(25)28-22(5,6)7/h8-12,15-17,19H,13-14H2,1-7H3,(H,23,25)/t16-,17-,19+/m0/s1. The molecule has 6 heteroatoms. The second-order valence-corrected chi connectivity index (χ2v) is 8.47. The summed E-state index contributed by atoms with van der Waals surface area (Å²) in [5, 5.41) is 2.50. The number of hydrogen-bond donors (Lipinski definition) is 1. The SMILES string of the molecule is CC(C)CO[C@H](Cc1ccccc1)[C@H](C)OC(=O)[C@H](C)NC(=O)OC(C)(C)C. The van der Waals surface area contributed by atoms with Crippen LogP contribution in [0.1, 0.15) is 54.0 Å². The van der Waals surface area contributed by atoms with Gasteiger partial charge < -0.3 is 19.5 Å². The first-order valence-corrected chi connectivity index (χ1v) is 9.83. The lowest BCUT2D eigenvalue weighted by Gasteiger charge is -2.27. The van der Waals surface area contributed by atoms with Gasteiger partial charge in [-0.1, -0.05) is 44.2 Å². The van der Waals surface area contributed by atoms with E-state index < -0.39 is 29.8 Å². The summed E-state index contributed by atoms with van der Waals surface area (Å²) in [7, 11) is 0. The second kappa shape index (κ2) is 11.1. The van der Waals surface area contributed by atoms with Crippen molar-refractivity contribution in [3.05, 3.63) is 35.9 Å². The van der Waals surface area contributed by atoms with Gasteiger partial charge in [0.25, 0.3) is 0 Å². The molecule has 0 heterocycles. The molecule has 3 atom stereocenters. The molecule has 0 spiro atoms. The van der Waals surface area contributed by atoms with Crippen molar-refractivity contribution in [3.63, 3.8) is 0 Å². The van der Waals surface area contributed by atoms with E-state index in [9.17, 15) is 9.59 Å². The van der Waals surface area contributed by atoms with Crippen LogP contribution in [-0.2, 0) is 25.4 Å². The van der Waals surface area contributed by atoms with Gasteiger partial charge in [0.15, 0.2) is 0 Å². The van der Waals surface area contributed by atoms with Crippen molar-refractivity contribution in [2.75, 3.05) is 6.61 Å². The van der Waals surface area contributed by atoms with Gasteiger partial charge in [0.2, 0.25) is 0 Å². The number of carbonyl (C=O) groups excluding carboxylic acids is 2. The van der Waals surface area contributed by atoms with Crippen molar-refractivity contribution < 1.29 is 23.8 Å². The summed E-state index contributed by atoms with van der Waals surface area (Å²) in [5.41, 5.74) is 0.478. The van der Waals surface area contributed by atoms with Gasteiger partial charge in [-0.2, -0.15) is 0 Å². The molecule has 0 radical (unpaired) electrons. The average molecular weight is 394 g/mol. The first kappa shape index (κ1) is 24.0. The van der Waals surface area contributed by atoms with Crippen LogP contribution in [0.4, 0.5) is 4.79 Å². The van der Waals surface area contributed by atoms with Gasteiger partial charge in [0, 0.05) is 13.0 Å². The molecule has 0 aliphatic rings. The number of ether oxygens (including phenoxy) is 3. The summed E-state index contributed by atoms with van der Waals surface area (Å²) in [6.45, 7) is 13.4. The highest BCUT2D eigenvalue weighted by atomic mass is 16.6. The van der Waals surface area contributed by atoms with Crippen molar-refractivity contribution in [3.8, 4) is 0 Å². The van der Waals surface area contributed by atoms with E-state index >= 15 is 0 Å². The predicted octanol–water partition coefficient (Wildman–Crippen LogP) is 4.12. The Kier molecular flexibility index (Phi) is 9.46. The number of alkyl carbamates (subject to hydrolysis) is 1. The Hall–Kier alpha value is -2.08. The van der Waals surface area contributed by atoms with Gasteiger partial charge >= 0.3 is 12.1 Å². The van der Waals surface area contributed by atoms with Crippen LogP contribution in [-0.4, -0.2) is 42.5 Å². The quantitative estimate of drug-likeness (QED) is 0.639. The van der Waals surface area contributed by atoms with E-state index in [-0.39, 0.29) is 6.10 Å². The topological polar surface area (TPSA) is 73.9 Å². The fraction of sp³-hybridized carbons (Fsp3) is 0.636. The Morgan fingerprint density at radius 3 is 2.18 bits per heavy atom. The second-order valence-electron chi connectivity index (χ2n) is 8.47. The van der Waals surface area contributed by atoms with Crippen molar-refractivity contribution in [2.45, 2.75) is 78.7 Å². The number of rotatable bonds is 9. The molecular formula is C22H35NO5. The maximum Gasteiger partial charge on any atom is 0.408 e. The van der Waals surface area contributed by atoms with Gasteiger partial charge in [-0.3, -0.25) is 0 Å². The van der Waals surface area contributed by atoms with E-state index in [1.54, 1.807) is 27.7 Å². The third-order valence-corrected chi connectivity index (χ3v) is 3.84. The molecule has 0 bridgehead atoms. The van der Waals surface area contributed by atoms with Crippen LogP contribution in [0.15, 0.2) is 30.3 Å². The third-order valence-electron chi connectivity index (χ3n) is 3.84. The zero-order valence-electron chi connectivity index (χ0n) is 18.2. The number of carbonyl (C=O) groups is 2. The largest absolute Gasteiger partial charge is 0.458 e. The van der Waals surface area contributed by atoms with Crippen LogP contribution in [0, 0.1) is 5.92 Å². The van der Waals surface area contributed by atoms with Crippen molar-refractivity contribution in [1.82, 2.24) is 5.32 Å². The van der Waals surface area contributed by atoms with Gasteiger partial charge in [0.05, 0.1) is 6.10 Å². The van der Waals surface area contributed by atoms with Crippen LogP contribution in [0.3, 0.4) is 0 Å². The molecule has 1 aromatic carbocycles. The Morgan fingerprint density at radius 1 is 1.04 bits per heavy atom. The summed E-state index contributed by atoms with van der Waals surface area (Å²) in [6.07, 6.45) is -0.756. The lowest BCUT2D eigenvalue weighted by Crippen LogP contribution is -2.44. The summed E-state index contributed by atoms with van der Waals surface area (Å²) in [5.74, 6) is -0.154. The molecule has 158 valence electrons. The highest BCUT2D eigenvalue weighted by Gasteiger charge is 2.27. The van der Waals surface area contributed by atoms with Crippen LogP contribution >= 0.6 is 0 Å². The maximum atomic E-state index is 12.4. The Morgan fingerprint density at radius 2 is 1.64 bits per heavy atom. The van der Waals surface area contributed by atoms with E-state index in [4.69, 9.17) is 14.2 Å². The first-order valence-electron chi connectivity index (χ1n) is 9.83. The number of nitrogens with one attached hydrogen (secondary N) is 1. The summed E-state index contributed by atoms with van der Waals surface area (Å²) < 4.78 is 16.8. The molecule has 1 amide bonds. The summed E-state index contributed by atoms with van der Waals surface area (Å²) in [4.78, 5) is 24.2. The fourth-order valence-electron chi connectivity index (χ4n) is 2.43. The van der Waals surface area contributed by atoms with Crippen LogP contribution in [0.2, 0.25) is 0 Å². The van der Waals surface area contributed by atoms with Crippen LogP contribution in [0.25, 0.3) is 0 Å². The summed E-state index contributed by atoms with van der Waals surface area (Å²) >= 11 is 0. The summed E-state index contributed by atoms with van der Waals surface area (Å²) in [6, 6.07) is 9.12. The molecular weight excluding hydrogens is 358 g/mol. The molecule has 28 heavy (non-hydrogen) atoms. The monoisotopic (exact) mass is 393 g/mol. The zero-order valence-corrected chi connectivity index (χ0v) is 18.2. The van der Waals surface area contributed by atoms with Crippen LogP contribution < -0.4 is 5.32 Å². The number of hydrogen-bond acceptors (Lipinski definition) is 5. The molecule has 0 aliphatic heterocycles. The molecule has 6 nitrogen and oxygen atoms in total. The van der Waals surface area contributed by atoms with E-state index in [2.05, 4.69) is 19.2 Å². The maximum absolute atomic E-state index is 12.4. The molecule has 0 saturated heterocycles. The Balaban J connectivity index is 2.67. The molecule has 1 aromatic rings. The molecule has 0 aliphatic carbocycles. The number of esters is 1. The minimum absolute atomic E-state index is 0.275. The lowest BCUT2D eigenvalue weighted by atomic mass is 10.0. The van der Waals surface area contributed by atoms with Gasteiger partial charge in [-0.25, -0.2) is 9.59 Å². The average Bonchev–Trinajstić information content (AvgIpc) is 2.57. The van der Waals surface area contributed by atoms with Crippen LogP contribution in [0.5, 0.6) is 0 Å². The fourth-order valence-corrected chi connectivity index (χ4v) is 2.43. The Bertz CT molecular complexity index is 609. The number of amides is 1. The predicted molar refractivity (Wildman–Crippen MR) is 109 cm³/mol. The Labute approximate surface area is 168 Å². The van der Waals surface area contributed by atoms with Crippen molar-refractivity contribution in [1.29, 1.82) is 0 Å². The highest BCUT2D eigenvalue weighted by Crippen LogP contribution is 2.14. The molecule has 1 rings (SSSR count). The van der Waals surface area contributed by atoms with E-state index in [0.29, 0.717) is 18.9 Å². The minimum atomic E-state index is -0.820. The van der Waals surface area contributed by atoms with Gasteiger partial charge in [-0.15, -0.1) is 0 Å². The highest BCUT2D eigenvalue weighted by molar-refractivity contribution is 5.81. The third kappa shape index (κ3) is 9.74. The molecule has 0 unspecified atom stereocenters. The van der Waals surface area contributed by atoms with E-state index in [0.717, 1.165) is 5.56 Å². The molecule has 1 N–H and O–H groups in total. The molecule has 0 saturated carbocycles. The van der Waals surface area contributed by atoms with Gasteiger partial charge in [-0.05, 0) is 46.1 Å². The van der Waals surface area contributed by atoms with Crippen molar-refractivity contribution >= 4 is 12.1 Å². The minimum Gasteiger partial charge on any atom is -0.458 e. The molecule has 0 aromatic heterocycles. The smallest absolute Gasteiger partial charge is 0.408 e.